The molecule has 0 aliphatic rings. The Kier molecular flexibility index (Phi) is 18.2. The van der Waals surface area contributed by atoms with Crippen LogP contribution in [0.4, 0.5) is 0 Å². The molecule has 8 N–H and O–H groups in total. The van der Waals surface area contributed by atoms with Gasteiger partial charge in [-0.1, -0.05) is 110 Å². The number of carbonyl (C=O) groups excluding carboxylic acids is 6. The van der Waals surface area contributed by atoms with Crippen molar-refractivity contribution < 1.29 is 33.5 Å². The van der Waals surface area contributed by atoms with Gasteiger partial charge in [-0.2, -0.15) is 11.8 Å². The van der Waals surface area contributed by atoms with Gasteiger partial charge in [0.25, 0.3) is 0 Å². The number of amides is 5. The molecule has 0 fully saturated rings. The maximum atomic E-state index is 13.8. The molecule has 3 rings (SSSR count). The van der Waals surface area contributed by atoms with E-state index in [1.807, 2.05) is 44.2 Å². The highest BCUT2D eigenvalue weighted by molar-refractivity contribution is 7.98. The quantitative estimate of drug-likeness (QED) is 0.0828. The minimum absolute atomic E-state index is 0.0177. The molecule has 0 aliphatic heterocycles. The molecule has 0 radical (unpaired) electrons. The van der Waals surface area contributed by atoms with Crippen molar-refractivity contribution in [1.82, 2.24) is 21.3 Å². The average Bonchev–Trinajstić information content (AvgIpc) is 3.16. The van der Waals surface area contributed by atoms with Crippen LogP contribution in [0, 0.1) is 6.92 Å². The second kappa shape index (κ2) is 22.8. The van der Waals surface area contributed by atoms with Crippen molar-refractivity contribution in [3.05, 3.63) is 107 Å². The fourth-order valence-corrected chi connectivity index (χ4v) is 6.44. The number of methoxy groups -OCH3 is 1. The molecule has 0 aliphatic carbocycles. The van der Waals surface area contributed by atoms with Crippen LogP contribution in [0.3, 0.4) is 0 Å². The van der Waals surface area contributed by atoms with Gasteiger partial charge in [0.1, 0.15) is 24.2 Å². The van der Waals surface area contributed by atoms with Crippen LogP contribution in [0.15, 0.2) is 84.9 Å². The third-order valence-corrected chi connectivity index (χ3v) is 9.67. The van der Waals surface area contributed by atoms with Gasteiger partial charge < -0.3 is 37.5 Å². The lowest BCUT2D eigenvalue weighted by molar-refractivity contribution is -0.145. The summed E-state index contributed by atoms with van der Waals surface area (Å²) in [6.45, 7) is 3.93. The van der Waals surface area contributed by atoms with Crippen LogP contribution >= 0.6 is 11.8 Å². The van der Waals surface area contributed by atoms with Crippen molar-refractivity contribution >= 4 is 47.3 Å². The van der Waals surface area contributed by atoms with E-state index >= 15 is 0 Å². The molecule has 0 heterocycles. The van der Waals surface area contributed by atoms with Gasteiger partial charge in [0.2, 0.25) is 29.5 Å². The van der Waals surface area contributed by atoms with E-state index in [-0.39, 0.29) is 19.3 Å². The second-order valence-electron chi connectivity index (χ2n) is 13.1. The van der Waals surface area contributed by atoms with Crippen molar-refractivity contribution in [2.24, 2.45) is 11.5 Å². The predicted molar refractivity (Wildman–Crippen MR) is 209 cm³/mol. The number of carbonyl (C=O) groups is 6. The fourth-order valence-electron chi connectivity index (χ4n) is 5.49. The molecule has 0 saturated heterocycles. The Morgan fingerprint density at radius 1 is 0.667 bits per heavy atom. The van der Waals surface area contributed by atoms with Crippen LogP contribution in [-0.4, -0.2) is 78.6 Å². The molecule has 5 atom stereocenters. The van der Waals surface area contributed by atoms with Gasteiger partial charge in [-0.05, 0) is 30.0 Å². The number of nitrogens with two attached hydrogens (primary N) is 2. The van der Waals surface area contributed by atoms with E-state index < -0.39 is 72.1 Å². The van der Waals surface area contributed by atoms with Crippen LogP contribution in [0.5, 0.6) is 0 Å². The molecule has 13 nitrogen and oxygen atoms in total. The highest BCUT2D eigenvalue weighted by Crippen LogP contribution is 2.14. The smallest absolute Gasteiger partial charge is 0.328 e. The van der Waals surface area contributed by atoms with Crippen molar-refractivity contribution in [3.63, 3.8) is 0 Å². The largest absolute Gasteiger partial charge is 0.467 e. The zero-order valence-corrected chi connectivity index (χ0v) is 31.9. The number of hydrogen-bond acceptors (Lipinski definition) is 9. The molecular weight excluding hydrogens is 709 g/mol. The van der Waals surface area contributed by atoms with Gasteiger partial charge in [-0.15, -0.1) is 0 Å². The molecular formula is C40H52N6O7S. The molecule has 3 aromatic carbocycles. The number of benzene rings is 3. The number of rotatable bonds is 22. The first kappa shape index (κ1) is 43.2. The molecule has 0 bridgehead atoms. The summed E-state index contributed by atoms with van der Waals surface area (Å²) in [6, 6.07) is 20.2. The summed E-state index contributed by atoms with van der Waals surface area (Å²) in [5.74, 6) is -3.39. The number of ether oxygens (including phenoxy) is 1. The third-order valence-electron chi connectivity index (χ3n) is 8.54. The first-order valence-electron chi connectivity index (χ1n) is 17.9. The Balaban J connectivity index is 1.74. The zero-order valence-electron chi connectivity index (χ0n) is 31.0. The van der Waals surface area contributed by atoms with E-state index in [1.54, 1.807) is 54.6 Å². The lowest BCUT2D eigenvalue weighted by Crippen LogP contribution is -2.59. The van der Waals surface area contributed by atoms with Crippen LogP contribution in [0.1, 0.15) is 54.9 Å². The molecule has 0 aromatic heterocycles. The fraction of sp³-hybridized carbons (Fsp3) is 0.400. The minimum Gasteiger partial charge on any atom is -0.467 e. The summed E-state index contributed by atoms with van der Waals surface area (Å²) in [5.41, 5.74) is 15.4. The lowest BCUT2D eigenvalue weighted by Gasteiger charge is -2.26. The summed E-state index contributed by atoms with van der Waals surface area (Å²) in [4.78, 5) is 79.2. The summed E-state index contributed by atoms with van der Waals surface area (Å²) < 4.78 is 4.95. The van der Waals surface area contributed by atoms with Gasteiger partial charge >= 0.3 is 5.97 Å². The number of thioether (sulfide) groups is 1. The van der Waals surface area contributed by atoms with Gasteiger partial charge in [0.15, 0.2) is 0 Å². The minimum atomic E-state index is -1.48. The number of unbranched alkanes of at least 4 members (excludes halogenated alkanes) is 1. The Labute approximate surface area is 321 Å². The Morgan fingerprint density at radius 2 is 1.17 bits per heavy atom. The van der Waals surface area contributed by atoms with Crippen molar-refractivity contribution in [2.75, 3.05) is 12.9 Å². The average molecular weight is 761 g/mol. The molecule has 290 valence electrons. The Morgan fingerprint density at radius 3 is 1.72 bits per heavy atom. The van der Waals surface area contributed by atoms with E-state index in [9.17, 15) is 28.8 Å². The Bertz CT molecular complexity index is 1680. The predicted octanol–water partition coefficient (Wildman–Crippen LogP) is 2.22. The highest BCUT2D eigenvalue weighted by atomic mass is 32.2. The molecule has 0 saturated carbocycles. The molecule has 3 aromatic rings. The van der Waals surface area contributed by atoms with E-state index in [0.29, 0.717) is 23.5 Å². The monoisotopic (exact) mass is 760 g/mol. The van der Waals surface area contributed by atoms with E-state index in [0.717, 1.165) is 23.1 Å². The standard InChI is InChI=1S/C40H52N6O7S/c1-4-5-16-31(43-36(48)30(41)25-54-24-29-19-17-26(2)18-20-29)37(49)45-33(23-35(42)47)39(51)44-32(21-27-12-8-6-9-13-27)38(50)46-34(40(52)53-3)22-28-14-10-7-11-15-28/h6-15,17-20,30-34H,4-5,16,21-25,41H2,1-3H3,(H2,42,47)(H,43,48)(H,44,51)(H,45,49)(H,46,50)/t30-,31-,32-,33-,34-/m0/s1. The van der Waals surface area contributed by atoms with E-state index in [1.165, 1.54) is 18.9 Å². The van der Waals surface area contributed by atoms with Crippen molar-refractivity contribution in [1.29, 1.82) is 0 Å². The summed E-state index contributed by atoms with van der Waals surface area (Å²) in [7, 11) is 1.21. The first-order valence-corrected chi connectivity index (χ1v) is 19.1. The SMILES string of the molecule is CCCC[C@H](NC(=O)[C@@H](N)CSCc1ccc(C)cc1)C(=O)N[C@@H](CC(N)=O)C(=O)N[C@@H](Cc1ccccc1)C(=O)N[C@@H](Cc1ccccc1)C(=O)OC. The van der Waals surface area contributed by atoms with Gasteiger partial charge in [-0.3, -0.25) is 24.0 Å². The van der Waals surface area contributed by atoms with E-state index in [2.05, 4.69) is 21.3 Å². The van der Waals surface area contributed by atoms with Gasteiger partial charge in [0, 0.05) is 24.3 Å². The maximum absolute atomic E-state index is 13.8. The van der Waals surface area contributed by atoms with Crippen molar-refractivity contribution in [3.8, 4) is 0 Å². The Hall–Kier alpha value is -5.21. The summed E-state index contributed by atoms with van der Waals surface area (Å²) in [6.07, 6.45) is 1.11. The summed E-state index contributed by atoms with van der Waals surface area (Å²) >= 11 is 1.49. The van der Waals surface area contributed by atoms with Gasteiger partial charge in [0.05, 0.1) is 19.6 Å². The first-order chi connectivity index (χ1) is 25.9. The summed E-state index contributed by atoms with van der Waals surface area (Å²) in [5, 5.41) is 10.6. The van der Waals surface area contributed by atoms with Gasteiger partial charge in [-0.25, -0.2) is 4.79 Å². The number of aryl methyl sites for hydroxylation is 1. The zero-order chi connectivity index (χ0) is 39.5. The second-order valence-corrected chi connectivity index (χ2v) is 14.1. The van der Waals surface area contributed by atoms with Crippen LogP contribution < -0.4 is 32.7 Å². The van der Waals surface area contributed by atoms with Crippen molar-refractivity contribution in [2.45, 2.75) is 88.3 Å². The number of esters is 1. The third kappa shape index (κ3) is 15.0. The van der Waals surface area contributed by atoms with E-state index in [4.69, 9.17) is 16.2 Å². The molecule has 14 heteroatoms. The highest BCUT2D eigenvalue weighted by Gasteiger charge is 2.33. The maximum Gasteiger partial charge on any atom is 0.328 e. The van der Waals surface area contributed by atoms with Crippen LogP contribution in [-0.2, 0) is 52.1 Å². The van der Waals surface area contributed by atoms with Crippen LogP contribution in [0.25, 0.3) is 0 Å². The number of nitrogens with one attached hydrogen (secondary N) is 4. The van der Waals surface area contributed by atoms with Crippen LogP contribution in [0.2, 0.25) is 0 Å². The number of primary amides is 1. The number of hydrogen-bond donors (Lipinski definition) is 6. The molecule has 54 heavy (non-hydrogen) atoms. The normalized spacial score (nSPS) is 13.6. The lowest BCUT2D eigenvalue weighted by atomic mass is 10.0. The molecule has 5 amide bonds. The molecule has 0 unspecified atom stereocenters. The molecule has 0 spiro atoms. The topological polar surface area (TPSA) is 212 Å².